The average molecular weight is 412 g/mol. The number of carbonyl (C=O) groups is 1. The average Bonchev–Trinajstić information content (AvgIpc) is 3.07. The first-order valence-electron chi connectivity index (χ1n) is 8.60. The van der Waals surface area contributed by atoms with Crippen LogP contribution >= 0.6 is 11.3 Å². The maximum atomic E-state index is 13.3. The van der Waals surface area contributed by atoms with E-state index in [0.29, 0.717) is 21.0 Å². The van der Waals surface area contributed by atoms with Gasteiger partial charge in [0.1, 0.15) is 23.9 Å². The van der Waals surface area contributed by atoms with Crippen molar-refractivity contribution in [3.63, 3.8) is 0 Å². The van der Waals surface area contributed by atoms with Gasteiger partial charge in [0, 0.05) is 11.3 Å². The molecule has 0 radical (unpaired) electrons. The van der Waals surface area contributed by atoms with E-state index in [0.717, 1.165) is 4.68 Å². The lowest BCUT2D eigenvalue weighted by atomic mass is 10.1. The maximum Gasteiger partial charge on any atom is 0.294 e. The molecule has 4 rings (SSSR count). The molecule has 0 saturated carbocycles. The number of nitrogens with one attached hydrogen (secondary N) is 1. The molecule has 29 heavy (non-hydrogen) atoms. The fourth-order valence-electron chi connectivity index (χ4n) is 2.87. The van der Waals surface area contributed by atoms with Crippen LogP contribution in [0, 0.1) is 18.6 Å². The lowest BCUT2D eigenvalue weighted by Gasteiger charge is -2.09. The van der Waals surface area contributed by atoms with Gasteiger partial charge in [0.05, 0.1) is 9.71 Å². The molecule has 0 saturated heterocycles. The molecule has 0 aliphatic carbocycles. The van der Waals surface area contributed by atoms with E-state index >= 15 is 0 Å². The fraction of sp³-hybridized carbons (Fsp3) is 0.100. The van der Waals surface area contributed by atoms with Gasteiger partial charge in [-0.25, -0.2) is 18.4 Å². The predicted octanol–water partition coefficient (Wildman–Crippen LogP) is 3.75. The Kier molecular flexibility index (Phi) is 4.89. The number of carbonyl (C=O) groups excluding carboxylic acids is 1. The van der Waals surface area contributed by atoms with Crippen molar-refractivity contribution in [3.05, 3.63) is 75.5 Å². The quantitative estimate of drug-likeness (QED) is 0.554. The van der Waals surface area contributed by atoms with E-state index in [1.807, 2.05) is 0 Å². The molecule has 0 spiro atoms. The topological polar surface area (TPSA) is 76.9 Å². The molecule has 0 fully saturated rings. The number of anilines is 1. The highest BCUT2D eigenvalue weighted by atomic mass is 32.1. The van der Waals surface area contributed by atoms with Gasteiger partial charge in [0.25, 0.3) is 5.56 Å². The summed E-state index contributed by atoms with van der Waals surface area (Å²) in [6.07, 6.45) is 0. The van der Waals surface area contributed by atoms with E-state index in [1.165, 1.54) is 47.7 Å². The maximum absolute atomic E-state index is 13.3. The summed E-state index contributed by atoms with van der Waals surface area (Å²) in [6.45, 7) is 1.38. The van der Waals surface area contributed by atoms with Crippen molar-refractivity contribution in [2.45, 2.75) is 13.5 Å². The van der Waals surface area contributed by atoms with Gasteiger partial charge in [-0.2, -0.15) is 5.10 Å². The molecular weight excluding hydrogens is 398 g/mol. The molecule has 4 aromatic rings. The number of aryl methyl sites for hydroxylation is 1. The second kappa shape index (κ2) is 7.51. The molecule has 0 atom stereocenters. The van der Waals surface area contributed by atoms with Crippen LogP contribution in [0.1, 0.15) is 5.01 Å². The zero-order valence-electron chi connectivity index (χ0n) is 15.1. The van der Waals surface area contributed by atoms with Gasteiger partial charge in [0.15, 0.2) is 5.52 Å². The number of thiazole rings is 1. The Morgan fingerprint density at radius 3 is 2.62 bits per heavy atom. The van der Waals surface area contributed by atoms with Crippen molar-refractivity contribution >= 4 is 33.1 Å². The minimum absolute atomic E-state index is 0.195. The van der Waals surface area contributed by atoms with Crippen LogP contribution in [0.3, 0.4) is 0 Å². The normalized spacial score (nSPS) is 11.0. The SMILES string of the molecule is Cc1nc2c(=O)n(CC(=O)Nc3cccc(F)c3)nc(-c3ccc(F)cc3)c2s1. The smallest absolute Gasteiger partial charge is 0.294 e. The minimum atomic E-state index is -0.540. The number of hydrogen-bond acceptors (Lipinski definition) is 5. The second-order valence-electron chi connectivity index (χ2n) is 6.29. The minimum Gasteiger partial charge on any atom is -0.324 e. The lowest BCUT2D eigenvalue weighted by molar-refractivity contribution is -0.117. The highest BCUT2D eigenvalue weighted by Crippen LogP contribution is 2.29. The van der Waals surface area contributed by atoms with Crippen LogP contribution in [0.15, 0.2) is 53.3 Å². The standard InChI is InChI=1S/C20H14F2N4O2S/c1-11-23-18-19(29-11)17(12-5-7-13(21)8-6-12)25-26(20(18)28)10-16(27)24-15-4-2-3-14(22)9-15/h2-9H,10H2,1H3,(H,24,27). The first-order valence-corrected chi connectivity index (χ1v) is 9.42. The number of amides is 1. The van der Waals surface area contributed by atoms with E-state index < -0.39 is 23.1 Å². The van der Waals surface area contributed by atoms with Crippen molar-refractivity contribution in [3.8, 4) is 11.3 Å². The number of halogens is 2. The number of benzene rings is 2. The summed E-state index contributed by atoms with van der Waals surface area (Å²) in [5.41, 5.74) is 0.987. The van der Waals surface area contributed by atoms with Crippen LogP contribution in [0.4, 0.5) is 14.5 Å². The molecular formula is C20H14F2N4O2S. The first kappa shape index (κ1) is 18.9. The zero-order chi connectivity index (χ0) is 20.5. The van der Waals surface area contributed by atoms with Gasteiger partial charge in [-0.1, -0.05) is 6.07 Å². The van der Waals surface area contributed by atoms with Crippen molar-refractivity contribution < 1.29 is 13.6 Å². The van der Waals surface area contributed by atoms with Crippen molar-refractivity contribution in [1.82, 2.24) is 14.8 Å². The monoisotopic (exact) mass is 412 g/mol. The van der Waals surface area contributed by atoms with Crippen molar-refractivity contribution in [1.29, 1.82) is 0 Å². The zero-order valence-corrected chi connectivity index (χ0v) is 16.0. The predicted molar refractivity (Wildman–Crippen MR) is 107 cm³/mol. The Bertz CT molecular complexity index is 1280. The molecule has 2 aromatic carbocycles. The lowest BCUT2D eigenvalue weighted by Crippen LogP contribution is -2.30. The van der Waals surface area contributed by atoms with Crippen LogP contribution in [-0.4, -0.2) is 20.7 Å². The summed E-state index contributed by atoms with van der Waals surface area (Å²) in [6, 6.07) is 11.1. The number of hydrogen-bond donors (Lipinski definition) is 1. The molecule has 2 heterocycles. The van der Waals surface area contributed by atoms with Gasteiger partial charge in [-0.15, -0.1) is 11.3 Å². The highest BCUT2D eigenvalue weighted by molar-refractivity contribution is 7.19. The summed E-state index contributed by atoms with van der Waals surface area (Å²) in [7, 11) is 0. The van der Waals surface area contributed by atoms with Crippen molar-refractivity contribution in [2.24, 2.45) is 0 Å². The molecule has 0 unspecified atom stereocenters. The third kappa shape index (κ3) is 3.90. The molecule has 0 aliphatic heterocycles. The van der Waals surface area contributed by atoms with Gasteiger partial charge in [0.2, 0.25) is 5.91 Å². The molecule has 1 N–H and O–H groups in total. The highest BCUT2D eigenvalue weighted by Gasteiger charge is 2.18. The van der Waals surface area contributed by atoms with E-state index in [-0.39, 0.29) is 17.7 Å². The summed E-state index contributed by atoms with van der Waals surface area (Å²) in [5, 5.41) is 7.53. The summed E-state index contributed by atoms with van der Waals surface area (Å²) >= 11 is 1.30. The van der Waals surface area contributed by atoms with Crippen molar-refractivity contribution in [2.75, 3.05) is 5.32 Å². The van der Waals surface area contributed by atoms with Gasteiger partial charge in [-0.05, 0) is 49.4 Å². The summed E-state index contributed by atoms with van der Waals surface area (Å²) in [5.74, 6) is -1.43. The number of fused-ring (bicyclic) bond motifs is 1. The second-order valence-corrected chi connectivity index (χ2v) is 7.49. The van der Waals surface area contributed by atoms with Crippen LogP contribution in [0.25, 0.3) is 21.5 Å². The van der Waals surface area contributed by atoms with Gasteiger partial charge >= 0.3 is 0 Å². The third-order valence-electron chi connectivity index (χ3n) is 4.13. The van der Waals surface area contributed by atoms with Crippen LogP contribution in [0.5, 0.6) is 0 Å². The Balaban J connectivity index is 1.74. The molecule has 0 aliphatic rings. The molecule has 0 bridgehead atoms. The number of nitrogens with zero attached hydrogens (tertiary/aromatic N) is 3. The van der Waals surface area contributed by atoms with E-state index in [9.17, 15) is 18.4 Å². The molecule has 146 valence electrons. The van der Waals surface area contributed by atoms with E-state index in [2.05, 4.69) is 15.4 Å². The first-order chi connectivity index (χ1) is 13.9. The molecule has 1 amide bonds. The summed E-state index contributed by atoms with van der Waals surface area (Å²) < 4.78 is 28.2. The van der Waals surface area contributed by atoms with E-state index in [4.69, 9.17) is 0 Å². The van der Waals surface area contributed by atoms with Crippen LogP contribution in [-0.2, 0) is 11.3 Å². The van der Waals surface area contributed by atoms with Crippen LogP contribution in [0.2, 0.25) is 0 Å². The number of aromatic nitrogens is 3. The number of rotatable bonds is 4. The fourth-order valence-corrected chi connectivity index (χ4v) is 3.79. The largest absolute Gasteiger partial charge is 0.324 e. The third-order valence-corrected chi connectivity index (χ3v) is 5.10. The Hall–Kier alpha value is -3.46. The Morgan fingerprint density at radius 2 is 1.90 bits per heavy atom. The Labute approximate surface area is 167 Å². The van der Waals surface area contributed by atoms with E-state index in [1.54, 1.807) is 19.1 Å². The van der Waals surface area contributed by atoms with Gasteiger partial charge in [-0.3, -0.25) is 9.59 Å². The molecule has 9 heteroatoms. The molecule has 6 nitrogen and oxygen atoms in total. The Morgan fingerprint density at radius 1 is 1.14 bits per heavy atom. The van der Waals surface area contributed by atoms with Gasteiger partial charge < -0.3 is 5.32 Å². The summed E-state index contributed by atoms with van der Waals surface area (Å²) in [4.78, 5) is 29.4. The molecule has 2 aromatic heterocycles. The van der Waals surface area contributed by atoms with Crippen LogP contribution < -0.4 is 10.9 Å².